The lowest BCUT2D eigenvalue weighted by Gasteiger charge is -2.16. The lowest BCUT2D eigenvalue weighted by atomic mass is 10.2. The van der Waals surface area contributed by atoms with Gasteiger partial charge in [-0.15, -0.1) is 0 Å². The Labute approximate surface area is 209 Å². The second-order valence-corrected chi connectivity index (χ2v) is 8.54. The largest absolute Gasteiger partial charge is 0.465 e. The van der Waals surface area contributed by atoms with Crippen molar-refractivity contribution in [2.75, 3.05) is 20.3 Å². The van der Waals surface area contributed by atoms with Crippen molar-refractivity contribution in [3.63, 3.8) is 0 Å². The van der Waals surface area contributed by atoms with Crippen LogP contribution < -0.4 is 11.2 Å². The number of carbonyl (C=O) groups is 2. The van der Waals surface area contributed by atoms with Crippen molar-refractivity contribution >= 4 is 46.1 Å². The van der Waals surface area contributed by atoms with E-state index < -0.39 is 58.5 Å². The van der Waals surface area contributed by atoms with E-state index in [1.54, 1.807) is 6.92 Å². The molecule has 16 heteroatoms. The number of esters is 1. The summed E-state index contributed by atoms with van der Waals surface area (Å²) in [5, 5.41) is -0.405. The fourth-order valence-corrected chi connectivity index (χ4v) is 4.30. The van der Waals surface area contributed by atoms with Gasteiger partial charge in [-0.25, -0.2) is 18.7 Å². The fourth-order valence-electron chi connectivity index (χ4n) is 3.15. The lowest BCUT2D eigenvalue weighted by molar-refractivity contribution is -0.147. The van der Waals surface area contributed by atoms with Gasteiger partial charge in [-0.1, -0.05) is 11.6 Å². The molecule has 1 saturated heterocycles. The Bertz CT molecular complexity index is 1370. The van der Waals surface area contributed by atoms with E-state index in [1.165, 1.54) is 7.11 Å². The number of amidine groups is 1. The molecule has 0 N–H and O–H groups in total. The van der Waals surface area contributed by atoms with Gasteiger partial charge in [0, 0.05) is 20.2 Å². The van der Waals surface area contributed by atoms with Crippen molar-refractivity contribution in [2.45, 2.75) is 18.5 Å². The minimum atomic E-state index is -5.01. The predicted molar refractivity (Wildman–Crippen MR) is 121 cm³/mol. The van der Waals surface area contributed by atoms with E-state index in [-0.39, 0.29) is 37.7 Å². The molecule has 0 bridgehead atoms. The smallest absolute Gasteiger partial charge is 0.431 e. The molecule has 1 aromatic heterocycles. The Morgan fingerprint density at radius 2 is 1.89 bits per heavy atom. The number of aromatic nitrogens is 2. The maximum atomic E-state index is 14.8. The highest BCUT2D eigenvalue weighted by Crippen LogP contribution is 2.35. The van der Waals surface area contributed by atoms with Crippen LogP contribution in [-0.2, 0) is 32.3 Å². The normalized spacial score (nSPS) is 17.2. The SMILES string of the molecule is CCOC(=O)CN1C(=O)C(OC)S/C1=N\c1cc(-n2c(=O)cc(C(F)(F)F)n(C)c2=O)c(F)cc1Cl. The molecule has 1 fully saturated rings. The van der Waals surface area contributed by atoms with Gasteiger partial charge in [0.05, 0.1) is 23.0 Å². The van der Waals surface area contributed by atoms with Crippen LogP contribution in [0.25, 0.3) is 5.69 Å². The molecular formula is C20H17ClF4N4O6S. The van der Waals surface area contributed by atoms with E-state index >= 15 is 0 Å². The summed E-state index contributed by atoms with van der Waals surface area (Å²) in [5.41, 5.74) is -6.48. The monoisotopic (exact) mass is 552 g/mol. The summed E-state index contributed by atoms with van der Waals surface area (Å²) in [6, 6.07) is 1.70. The number of benzene rings is 1. The zero-order chi connectivity index (χ0) is 26.9. The second-order valence-electron chi connectivity index (χ2n) is 7.11. The second kappa shape index (κ2) is 10.4. The van der Waals surface area contributed by atoms with Crippen molar-refractivity contribution in [1.29, 1.82) is 0 Å². The quantitative estimate of drug-likeness (QED) is 0.400. The van der Waals surface area contributed by atoms with Crippen LogP contribution in [0.2, 0.25) is 5.02 Å². The van der Waals surface area contributed by atoms with Crippen molar-refractivity contribution in [1.82, 2.24) is 14.0 Å². The first kappa shape index (κ1) is 27.4. The zero-order valence-electron chi connectivity index (χ0n) is 18.8. The van der Waals surface area contributed by atoms with Crippen LogP contribution in [0, 0.1) is 5.82 Å². The van der Waals surface area contributed by atoms with Crippen molar-refractivity contribution in [2.24, 2.45) is 12.0 Å². The van der Waals surface area contributed by atoms with E-state index in [9.17, 15) is 36.7 Å². The molecule has 10 nitrogen and oxygen atoms in total. The summed E-state index contributed by atoms with van der Waals surface area (Å²) in [6.07, 6.45) is -5.01. The predicted octanol–water partition coefficient (Wildman–Crippen LogP) is 2.45. The maximum Gasteiger partial charge on any atom is 0.431 e. The topological polar surface area (TPSA) is 112 Å². The number of nitrogens with zero attached hydrogens (tertiary/aromatic N) is 4. The molecule has 1 aliphatic heterocycles. The van der Waals surface area contributed by atoms with Crippen LogP contribution in [0.3, 0.4) is 0 Å². The molecule has 194 valence electrons. The van der Waals surface area contributed by atoms with E-state index in [0.717, 1.165) is 29.8 Å². The molecule has 0 radical (unpaired) electrons. The van der Waals surface area contributed by atoms with E-state index in [0.29, 0.717) is 6.07 Å². The van der Waals surface area contributed by atoms with E-state index in [1.807, 2.05) is 0 Å². The summed E-state index contributed by atoms with van der Waals surface area (Å²) < 4.78 is 64.4. The van der Waals surface area contributed by atoms with Crippen LogP contribution in [-0.4, -0.2) is 56.8 Å². The van der Waals surface area contributed by atoms with Gasteiger partial charge in [0.2, 0.25) is 0 Å². The minimum Gasteiger partial charge on any atom is -0.465 e. The van der Waals surface area contributed by atoms with E-state index in [2.05, 4.69) is 4.99 Å². The van der Waals surface area contributed by atoms with Crippen molar-refractivity contribution < 1.29 is 36.6 Å². The highest BCUT2D eigenvalue weighted by molar-refractivity contribution is 8.15. The van der Waals surface area contributed by atoms with Crippen molar-refractivity contribution in [3.8, 4) is 5.69 Å². The first-order valence-corrected chi connectivity index (χ1v) is 11.2. The van der Waals surface area contributed by atoms with Gasteiger partial charge in [0.1, 0.15) is 18.1 Å². The highest BCUT2D eigenvalue weighted by atomic mass is 35.5. The number of methoxy groups -OCH3 is 1. The van der Waals surface area contributed by atoms with Crippen LogP contribution >= 0.6 is 23.4 Å². The van der Waals surface area contributed by atoms with Crippen molar-refractivity contribution in [3.05, 3.63) is 55.6 Å². The Hall–Kier alpha value is -3.17. The molecular weight excluding hydrogens is 536 g/mol. The summed E-state index contributed by atoms with van der Waals surface area (Å²) in [4.78, 5) is 54.6. The number of alkyl halides is 3. The molecule has 1 unspecified atom stereocenters. The third-order valence-electron chi connectivity index (χ3n) is 4.80. The number of thioether (sulfide) groups is 1. The molecule has 1 aliphatic rings. The molecule has 0 aliphatic carbocycles. The first-order chi connectivity index (χ1) is 16.8. The Kier molecular flexibility index (Phi) is 7.95. The third-order valence-corrected chi connectivity index (χ3v) is 6.23. The first-order valence-electron chi connectivity index (χ1n) is 9.95. The number of aliphatic imine (C=N–C) groups is 1. The molecule has 1 atom stereocenters. The lowest BCUT2D eigenvalue weighted by Crippen LogP contribution is -2.41. The number of carbonyl (C=O) groups excluding carboxylic acids is 2. The molecule has 2 aromatic rings. The average Bonchev–Trinajstić information content (AvgIpc) is 3.07. The Morgan fingerprint density at radius 3 is 2.47 bits per heavy atom. The summed E-state index contributed by atoms with van der Waals surface area (Å²) in [7, 11) is 2.02. The number of rotatable bonds is 6. The van der Waals surface area contributed by atoms with Crippen LogP contribution in [0.15, 0.2) is 32.8 Å². The number of hydrogen-bond donors (Lipinski definition) is 0. The summed E-state index contributed by atoms with van der Waals surface area (Å²) >= 11 is 6.87. The molecule has 0 saturated carbocycles. The zero-order valence-corrected chi connectivity index (χ0v) is 20.3. The molecule has 1 amide bonds. The standard InChI is InChI=1S/C20H17ClF4N4O6S/c1-4-35-15(31)8-28-16(32)17(34-3)36-18(28)26-11-6-12(10(22)5-9(11)21)29-14(30)7-13(20(23,24)25)27(2)19(29)33/h5-7,17H,4,8H2,1-3H3/b26-18-. The molecule has 1 aromatic carbocycles. The third kappa shape index (κ3) is 5.32. The summed E-state index contributed by atoms with van der Waals surface area (Å²) in [6.45, 7) is 1.10. The van der Waals surface area contributed by atoms with Crippen LogP contribution in [0.4, 0.5) is 23.2 Å². The maximum absolute atomic E-state index is 14.8. The van der Waals surface area contributed by atoms with Gasteiger partial charge in [-0.2, -0.15) is 13.2 Å². The van der Waals surface area contributed by atoms with E-state index in [4.69, 9.17) is 21.1 Å². The Balaban J connectivity index is 2.15. The van der Waals surface area contributed by atoms with Gasteiger partial charge in [-0.05, 0) is 30.8 Å². The molecule has 3 rings (SSSR count). The Morgan fingerprint density at radius 1 is 1.22 bits per heavy atom. The number of hydrogen-bond acceptors (Lipinski definition) is 8. The van der Waals surface area contributed by atoms with Gasteiger partial charge in [0.15, 0.2) is 10.6 Å². The average molecular weight is 553 g/mol. The van der Waals surface area contributed by atoms with Gasteiger partial charge < -0.3 is 9.47 Å². The molecule has 2 heterocycles. The van der Waals surface area contributed by atoms with Gasteiger partial charge in [0.25, 0.3) is 11.5 Å². The van der Waals surface area contributed by atoms with Gasteiger partial charge in [-0.3, -0.25) is 23.9 Å². The van der Waals surface area contributed by atoms with Crippen LogP contribution in [0.1, 0.15) is 12.6 Å². The van der Waals surface area contributed by atoms with Crippen LogP contribution in [0.5, 0.6) is 0 Å². The summed E-state index contributed by atoms with van der Waals surface area (Å²) in [5.74, 6) is -2.58. The molecule has 0 spiro atoms. The number of amides is 1. The molecule has 36 heavy (non-hydrogen) atoms. The number of ether oxygens (including phenoxy) is 2. The highest BCUT2D eigenvalue weighted by Gasteiger charge is 2.40. The fraction of sp³-hybridized carbons (Fsp3) is 0.350. The van der Waals surface area contributed by atoms with Gasteiger partial charge >= 0.3 is 17.8 Å². The minimum absolute atomic E-state index is 0.0537. The number of halogens is 5.